The maximum atomic E-state index is 9.69. The fourth-order valence-electron chi connectivity index (χ4n) is 2.20. The van der Waals surface area contributed by atoms with Gasteiger partial charge in [0.15, 0.2) is 5.88 Å². The highest BCUT2D eigenvalue weighted by Gasteiger charge is 2.19. The summed E-state index contributed by atoms with van der Waals surface area (Å²) in [6.45, 7) is 0. The highest BCUT2D eigenvalue weighted by atomic mass is 16.3. The van der Waals surface area contributed by atoms with Crippen molar-refractivity contribution in [3.05, 3.63) is 41.6 Å². The van der Waals surface area contributed by atoms with Crippen LogP contribution in [0.15, 0.2) is 30.5 Å². The summed E-state index contributed by atoms with van der Waals surface area (Å²) in [5.74, 6) is 0.298. The van der Waals surface area contributed by atoms with Crippen LogP contribution in [-0.2, 0) is 12.8 Å². The lowest BCUT2D eigenvalue weighted by Crippen LogP contribution is -2.00. The van der Waals surface area contributed by atoms with Crippen LogP contribution in [0.4, 0.5) is 0 Å². The minimum absolute atomic E-state index is 0.298. The van der Waals surface area contributed by atoms with E-state index in [4.69, 9.17) is 0 Å². The van der Waals surface area contributed by atoms with Crippen LogP contribution in [0.5, 0.6) is 5.88 Å². The van der Waals surface area contributed by atoms with Gasteiger partial charge < -0.3 is 10.1 Å². The van der Waals surface area contributed by atoms with Crippen LogP contribution in [0.25, 0.3) is 11.1 Å². The number of aromatic amines is 1. The van der Waals surface area contributed by atoms with Crippen LogP contribution < -0.4 is 0 Å². The van der Waals surface area contributed by atoms with Gasteiger partial charge in [-0.2, -0.15) is 0 Å². The molecule has 3 rings (SSSR count). The standard InChI is InChI=1S/C12H11NO/c14-12-11-9(7-13-12)6-5-8-3-1-2-4-10(8)11/h1-4,7,13-14H,5-6H2. The molecule has 0 bridgehead atoms. The Kier molecular flexibility index (Phi) is 1.45. The first-order chi connectivity index (χ1) is 6.86. The summed E-state index contributed by atoms with van der Waals surface area (Å²) in [4.78, 5) is 2.88. The molecule has 0 saturated carbocycles. The van der Waals surface area contributed by atoms with Gasteiger partial charge in [0, 0.05) is 11.8 Å². The van der Waals surface area contributed by atoms with Crippen LogP contribution in [-0.4, -0.2) is 10.1 Å². The lowest BCUT2D eigenvalue weighted by Gasteiger charge is -2.15. The van der Waals surface area contributed by atoms with Crippen LogP contribution in [0.1, 0.15) is 11.1 Å². The molecule has 2 heteroatoms. The molecule has 2 N–H and O–H groups in total. The lowest BCUT2D eigenvalue weighted by molar-refractivity contribution is 0.458. The fraction of sp³-hybridized carbons (Fsp3) is 0.167. The molecular weight excluding hydrogens is 174 g/mol. The molecule has 0 radical (unpaired) electrons. The summed E-state index contributed by atoms with van der Waals surface area (Å²) < 4.78 is 0. The van der Waals surface area contributed by atoms with Crippen molar-refractivity contribution in [2.45, 2.75) is 12.8 Å². The van der Waals surface area contributed by atoms with Gasteiger partial charge in [-0.25, -0.2) is 0 Å². The number of rotatable bonds is 0. The summed E-state index contributed by atoms with van der Waals surface area (Å²) in [5.41, 5.74) is 4.72. The molecule has 1 heterocycles. The van der Waals surface area contributed by atoms with Crippen molar-refractivity contribution in [2.75, 3.05) is 0 Å². The third kappa shape index (κ3) is 0.909. The summed E-state index contributed by atoms with van der Waals surface area (Å²) >= 11 is 0. The Balaban J connectivity index is 2.32. The van der Waals surface area contributed by atoms with E-state index in [1.54, 1.807) is 0 Å². The van der Waals surface area contributed by atoms with Gasteiger partial charge in [-0.05, 0) is 29.5 Å². The smallest absolute Gasteiger partial charge is 0.196 e. The molecule has 0 atom stereocenters. The molecule has 1 aliphatic rings. The Bertz CT molecular complexity index is 485. The monoisotopic (exact) mass is 185 g/mol. The second-order valence-corrected chi connectivity index (χ2v) is 3.69. The molecule has 2 aromatic rings. The first-order valence-corrected chi connectivity index (χ1v) is 4.84. The van der Waals surface area contributed by atoms with Crippen molar-refractivity contribution in [1.29, 1.82) is 0 Å². The minimum atomic E-state index is 0.298. The molecule has 0 amide bonds. The second kappa shape index (κ2) is 2.64. The molecule has 1 aliphatic carbocycles. The molecule has 2 nitrogen and oxygen atoms in total. The Morgan fingerprint density at radius 3 is 2.79 bits per heavy atom. The number of aryl methyl sites for hydroxylation is 2. The first-order valence-electron chi connectivity index (χ1n) is 4.84. The Morgan fingerprint density at radius 1 is 1.07 bits per heavy atom. The van der Waals surface area contributed by atoms with Gasteiger partial charge in [-0.15, -0.1) is 0 Å². The normalized spacial score (nSPS) is 13.4. The van der Waals surface area contributed by atoms with Crippen molar-refractivity contribution in [2.24, 2.45) is 0 Å². The van der Waals surface area contributed by atoms with E-state index in [0.717, 1.165) is 18.4 Å². The van der Waals surface area contributed by atoms with Gasteiger partial charge in [0.1, 0.15) is 0 Å². The van der Waals surface area contributed by atoms with E-state index in [-0.39, 0.29) is 0 Å². The highest BCUT2D eigenvalue weighted by Crippen LogP contribution is 2.38. The van der Waals surface area contributed by atoms with Gasteiger partial charge in [-0.3, -0.25) is 0 Å². The molecule has 1 aromatic carbocycles. The molecule has 14 heavy (non-hydrogen) atoms. The number of H-pyrrole nitrogens is 1. The number of hydrogen-bond acceptors (Lipinski definition) is 1. The van der Waals surface area contributed by atoms with Gasteiger partial charge >= 0.3 is 0 Å². The maximum absolute atomic E-state index is 9.69. The molecule has 0 spiro atoms. The number of benzene rings is 1. The van der Waals surface area contributed by atoms with Crippen molar-refractivity contribution in [3.63, 3.8) is 0 Å². The van der Waals surface area contributed by atoms with E-state index in [1.807, 2.05) is 18.3 Å². The zero-order valence-corrected chi connectivity index (χ0v) is 7.75. The predicted molar refractivity (Wildman–Crippen MR) is 55.3 cm³/mol. The Morgan fingerprint density at radius 2 is 1.86 bits per heavy atom. The Labute approximate surface area is 82.2 Å². The molecule has 0 aliphatic heterocycles. The third-order valence-electron chi connectivity index (χ3n) is 2.89. The van der Waals surface area contributed by atoms with Crippen molar-refractivity contribution >= 4 is 0 Å². The lowest BCUT2D eigenvalue weighted by atomic mass is 9.88. The SMILES string of the molecule is Oc1[nH]cc2c1-c1ccccc1CC2. The number of nitrogens with one attached hydrogen (secondary N) is 1. The van der Waals surface area contributed by atoms with Crippen molar-refractivity contribution in [3.8, 4) is 17.0 Å². The predicted octanol–water partition coefficient (Wildman–Crippen LogP) is 2.49. The quantitative estimate of drug-likeness (QED) is 0.650. The fourth-order valence-corrected chi connectivity index (χ4v) is 2.20. The largest absolute Gasteiger partial charge is 0.494 e. The molecule has 0 unspecified atom stereocenters. The summed E-state index contributed by atoms with van der Waals surface area (Å²) in [5, 5.41) is 9.69. The number of fused-ring (bicyclic) bond motifs is 3. The molecule has 70 valence electrons. The Hall–Kier alpha value is -1.70. The van der Waals surface area contributed by atoms with E-state index < -0.39 is 0 Å². The van der Waals surface area contributed by atoms with E-state index in [9.17, 15) is 5.11 Å². The first kappa shape index (κ1) is 7.68. The molecule has 1 aromatic heterocycles. The van der Waals surface area contributed by atoms with Gasteiger partial charge in [-0.1, -0.05) is 24.3 Å². The van der Waals surface area contributed by atoms with Crippen LogP contribution in [0.3, 0.4) is 0 Å². The van der Waals surface area contributed by atoms with E-state index in [0.29, 0.717) is 5.88 Å². The number of aromatic nitrogens is 1. The average molecular weight is 185 g/mol. The van der Waals surface area contributed by atoms with Gasteiger partial charge in [0.2, 0.25) is 0 Å². The van der Waals surface area contributed by atoms with E-state index in [2.05, 4.69) is 17.1 Å². The topological polar surface area (TPSA) is 36.0 Å². The minimum Gasteiger partial charge on any atom is -0.494 e. The van der Waals surface area contributed by atoms with Gasteiger partial charge in [0.25, 0.3) is 0 Å². The third-order valence-corrected chi connectivity index (χ3v) is 2.89. The van der Waals surface area contributed by atoms with Crippen LogP contribution in [0, 0.1) is 0 Å². The molecule has 0 saturated heterocycles. The van der Waals surface area contributed by atoms with Gasteiger partial charge in [0.05, 0.1) is 0 Å². The molecular formula is C12H11NO. The number of hydrogen-bond donors (Lipinski definition) is 2. The summed E-state index contributed by atoms with van der Waals surface area (Å²) in [6, 6.07) is 8.26. The van der Waals surface area contributed by atoms with Crippen molar-refractivity contribution in [1.82, 2.24) is 4.98 Å². The summed E-state index contributed by atoms with van der Waals surface area (Å²) in [6.07, 6.45) is 3.99. The van der Waals surface area contributed by atoms with E-state index in [1.165, 1.54) is 16.7 Å². The zero-order valence-electron chi connectivity index (χ0n) is 7.75. The zero-order chi connectivity index (χ0) is 9.54. The van der Waals surface area contributed by atoms with Crippen molar-refractivity contribution < 1.29 is 5.11 Å². The van der Waals surface area contributed by atoms with Crippen LogP contribution in [0.2, 0.25) is 0 Å². The van der Waals surface area contributed by atoms with E-state index >= 15 is 0 Å². The maximum Gasteiger partial charge on any atom is 0.196 e. The summed E-state index contributed by atoms with van der Waals surface area (Å²) in [7, 11) is 0. The number of aromatic hydroxyl groups is 1. The second-order valence-electron chi connectivity index (χ2n) is 3.69. The average Bonchev–Trinajstić information content (AvgIpc) is 2.61. The van der Waals surface area contributed by atoms with Crippen LogP contribution >= 0.6 is 0 Å². The molecule has 0 fully saturated rings. The highest BCUT2D eigenvalue weighted by molar-refractivity contribution is 5.77.